The molecule has 2 amide bonds. The van der Waals surface area contributed by atoms with Crippen molar-refractivity contribution in [3.8, 4) is 11.5 Å². The maximum Gasteiger partial charge on any atom is 0.276 e. The van der Waals surface area contributed by atoms with Crippen LogP contribution in [0.15, 0.2) is 42.5 Å². The maximum absolute atomic E-state index is 12.6. The van der Waals surface area contributed by atoms with Gasteiger partial charge in [-0.15, -0.1) is 0 Å². The number of amides is 2. The first-order valence-electron chi connectivity index (χ1n) is 11.7. The molecule has 0 aromatic heterocycles. The van der Waals surface area contributed by atoms with Gasteiger partial charge in [-0.25, -0.2) is 0 Å². The van der Waals surface area contributed by atoms with Gasteiger partial charge in [-0.05, 0) is 60.8 Å². The SMILES string of the molecule is CCCCCCOc1ccccc1C(=O)NC(=S)NNC(=O)COc1cc(C)ccc1C(C)C. The van der Waals surface area contributed by atoms with Crippen molar-refractivity contribution >= 4 is 29.1 Å². The molecule has 0 radical (unpaired) electrons. The number of benzene rings is 2. The lowest BCUT2D eigenvalue weighted by atomic mass is 10.0. The Labute approximate surface area is 207 Å². The summed E-state index contributed by atoms with van der Waals surface area (Å²) >= 11 is 5.14. The van der Waals surface area contributed by atoms with Crippen LogP contribution in [0.2, 0.25) is 0 Å². The first-order chi connectivity index (χ1) is 16.3. The van der Waals surface area contributed by atoms with Crippen molar-refractivity contribution in [1.82, 2.24) is 16.2 Å². The molecule has 3 N–H and O–H groups in total. The van der Waals surface area contributed by atoms with Crippen molar-refractivity contribution in [2.24, 2.45) is 0 Å². The number of ether oxygens (including phenoxy) is 2. The van der Waals surface area contributed by atoms with Crippen LogP contribution in [0.5, 0.6) is 11.5 Å². The second-order valence-electron chi connectivity index (χ2n) is 8.35. The summed E-state index contributed by atoms with van der Waals surface area (Å²) in [5.41, 5.74) is 7.42. The highest BCUT2D eigenvalue weighted by molar-refractivity contribution is 7.80. The van der Waals surface area contributed by atoms with Gasteiger partial charge in [-0.2, -0.15) is 0 Å². The van der Waals surface area contributed by atoms with E-state index in [-0.39, 0.29) is 17.6 Å². The zero-order chi connectivity index (χ0) is 24.9. The number of thiocarbonyl (C=S) groups is 1. The molecule has 0 heterocycles. The fourth-order valence-electron chi connectivity index (χ4n) is 3.24. The molecular weight excluding hydrogens is 450 g/mol. The first kappa shape index (κ1) is 27.1. The minimum atomic E-state index is -0.427. The topological polar surface area (TPSA) is 88.7 Å². The van der Waals surface area contributed by atoms with Crippen molar-refractivity contribution < 1.29 is 19.1 Å². The van der Waals surface area contributed by atoms with E-state index in [0.29, 0.717) is 23.7 Å². The Morgan fingerprint density at radius 2 is 1.74 bits per heavy atom. The number of hydrogen-bond acceptors (Lipinski definition) is 5. The molecule has 34 heavy (non-hydrogen) atoms. The summed E-state index contributed by atoms with van der Waals surface area (Å²) in [5.74, 6) is 0.586. The number of unbranched alkanes of at least 4 members (excludes halogenated alkanes) is 3. The van der Waals surface area contributed by atoms with E-state index >= 15 is 0 Å². The van der Waals surface area contributed by atoms with Gasteiger partial charge >= 0.3 is 0 Å². The molecule has 0 saturated carbocycles. The molecule has 0 saturated heterocycles. The third kappa shape index (κ3) is 9.02. The number of hydrogen-bond donors (Lipinski definition) is 3. The van der Waals surface area contributed by atoms with Gasteiger partial charge in [0.2, 0.25) is 0 Å². The van der Waals surface area contributed by atoms with Crippen molar-refractivity contribution in [3.05, 3.63) is 59.2 Å². The molecule has 184 valence electrons. The van der Waals surface area contributed by atoms with Crippen LogP contribution in [-0.4, -0.2) is 30.1 Å². The van der Waals surface area contributed by atoms with Crippen molar-refractivity contribution in [3.63, 3.8) is 0 Å². The number of nitrogens with one attached hydrogen (secondary N) is 3. The summed E-state index contributed by atoms with van der Waals surface area (Å²) in [7, 11) is 0. The zero-order valence-electron chi connectivity index (χ0n) is 20.4. The van der Waals surface area contributed by atoms with Gasteiger partial charge in [0.05, 0.1) is 12.2 Å². The maximum atomic E-state index is 12.6. The Morgan fingerprint density at radius 1 is 0.971 bits per heavy atom. The molecule has 2 aromatic carbocycles. The van der Waals surface area contributed by atoms with Crippen LogP contribution >= 0.6 is 12.2 Å². The Balaban J connectivity index is 1.81. The first-order valence-corrected chi connectivity index (χ1v) is 12.1. The summed E-state index contributed by atoms with van der Waals surface area (Å²) in [5, 5.41) is 2.52. The summed E-state index contributed by atoms with van der Waals surface area (Å²) in [6, 6.07) is 12.9. The molecule has 7 nitrogen and oxygen atoms in total. The highest BCUT2D eigenvalue weighted by Gasteiger charge is 2.14. The standard InChI is InChI=1S/C26H35N3O4S/c1-5-6-7-10-15-32-22-12-9-8-11-21(22)25(31)27-26(34)29-28-24(30)17-33-23-16-19(4)13-14-20(23)18(2)3/h8-9,11-14,16,18H,5-7,10,15,17H2,1-4H3,(H,28,30)(H2,27,29,31,34). The van der Waals surface area contributed by atoms with E-state index < -0.39 is 11.8 Å². The summed E-state index contributed by atoms with van der Waals surface area (Å²) in [4.78, 5) is 24.8. The molecule has 0 spiro atoms. The monoisotopic (exact) mass is 485 g/mol. The minimum Gasteiger partial charge on any atom is -0.493 e. The summed E-state index contributed by atoms with van der Waals surface area (Å²) in [6.07, 6.45) is 4.33. The fourth-order valence-corrected chi connectivity index (χ4v) is 3.39. The highest BCUT2D eigenvalue weighted by atomic mass is 32.1. The zero-order valence-corrected chi connectivity index (χ0v) is 21.2. The van der Waals surface area contributed by atoms with Gasteiger partial charge in [0.15, 0.2) is 11.7 Å². The van der Waals surface area contributed by atoms with Crippen LogP contribution in [0.25, 0.3) is 0 Å². The largest absolute Gasteiger partial charge is 0.493 e. The van der Waals surface area contributed by atoms with Crippen LogP contribution < -0.4 is 25.6 Å². The predicted molar refractivity (Wildman–Crippen MR) is 138 cm³/mol. The molecule has 2 aromatic rings. The third-order valence-electron chi connectivity index (χ3n) is 5.08. The molecule has 0 aliphatic carbocycles. The molecule has 0 aliphatic heterocycles. The normalized spacial score (nSPS) is 10.5. The van der Waals surface area contributed by atoms with E-state index in [1.165, 1.54) is 0 Å². The minimum absolute atomic E-state index is 0.0328. The molecule has 0 aliphatic rings. The number of hydrazine groups is 1. The third-order valence-corrected chi connectivity index (χ3v) is 5.28. The Bertz CT molecular complexity index is 978. The van der Waals surface area contributed by atoms with Crippen LogP contribution in [-0.2, 0) is 4.79 Å². The quantitative estimate of drug-likeness (QED) is 0.241. The average Bonchev–Trinajstić information content (AvgIpc) is 2.81. The van der Waals surface area contributed by atoms with E-state index in [4.69, 9.17) is 21.7 Å². The van der Waals surface area contributed by atoms with Crippen molar-refractivity contribution in [2.45, 2.75) is 59.3 Å². The lowest BCUT2D eigenvalue weighted by Crippen LogP contribution is -2.49. The number of para-hydroxylation sites is 1. The second kappa shape index (κ2) is 14.2. The van der Waals surface area contributed by atoms with Gasteiger partial charge in [-0.3, -0.25) is 25.8 Å². The van der Waals surface area contributed by atoms with Crippen LogP contribution in [0.4, 0.5) is 0 Å². The fraction of sp³-hybridized carbons (Fsp3) is 0.423. The second-order valence-corrected chi connectivity index (χ2v) is 8.75. The lowest BCUT2D eigenvalue weighted by molar-refractivity contribution is -0.123. The molecule has 0 unspecified atom stereocenters. The predicted octanol–water partition coefficient (Wildman–Crippen LogP) is 4.79. The van der Waals surface area contributed by atoms with Crippen LogP contribution in [0.3, 0.4) is 0 Å². The Morgan fingerprint density at radius 3 is 2.47 bits per heavy atom. The van der Waals surface area contributed by atoms with Gasteiger partial charge in [-0.1, -0.05) is 64.3 Å². The number of carbonyl (C=O) groups excluding carboxylic acids is 2. The summed E-state index contributed by atoms with van der Waals surface area (Å²) in [6.45, 7) is 8.60. The van der Waals surface area contributed by atoms with Gasteiger partial charge in [0.1, 0.15) is 11.5 Å². The van der Waals surface area contributed by atoms with E-state index in [2.05, 4.69) is 36.9 Å². The van der Waals surface area contributed by atoms with Gasteiger partial charge in [0, 0.05) is 0 Å². The smallest absolute Gasteiger partial charge is 0.276 e. The van der Waals surface area contributed by atoms with E-state index in [1.807, 2.05) is 31.2 Å². The van der Waals surface area contributed by atoms with Gasteiger partial charge in [0.25, 0.3) is 11.8 Å². The molecule has 0 bridgehead atoms. The number of rotatable bonds is 11. The Hall–Kier alpha value is -3.13. The molecule has 0 fully saturated rings. The van der Waals surface area contributed by atoms with E-state index in [1.54, 1.807) is 18.2 Å². The van der Waals surface area contributed by atoms with Gasteiger partial charge < -0.3 is 9.47 Å². The van der Waals surface area contributed by atoms with E-state index in [0.717, 1.165) is 36.8 Å². The van der Waals surface area contributed by atoms with E-state index in [9.17, 15) is 9.59 Å². The highest BCUT2D eigenvalue weighted by Crippen LogP contribution is 2.27. The average molecular weight is 486 g/mol. The molecular formula is C26H35N3O4S. The molecule has 2 rings (SSSR count). The van der Waals surface area contributed by atoms with Crippen LogP contribution in [0.1, 0.15) is 73.9 Å². The summed E-state index contributed by atoms with van der Waals surface area (Å²) < 4.78 is 11.5. The molecule has 8 heteroatoms. The number of aryl methyl sites for hydroxylation is 1. The molecule has 0 atom stereocenters. The Kier molecular flexibility index (Phi) is 11.3. The van der Waals surface area contributed by atoms with Crippen molar-refractivity contribution in [1.29, 1.82) is 0 Å². The van der Waals surface area contributed by atoms with Crippen molar-refractivity contribution in [2.75, 3.05) is 13.2 Å². The number of carbonyl (C=O) groups is 2. The lowest BCUT2D eigenvalue weighted by Gasteiger charge is -2.16. The van der Waals surface area contributed by atoms with Crippen LogP contribution in [0, 0.1) is 6.92 Å².